The van der Waals surface area contributed by atoms with Crippen LogP contribution >= 0.6 is 24.0 Å². The number of nitrogens with one attached hydrogen (secondary N) is 1. The van der Waals surface area contributed by atoms with Crippen molar-refractivity contribution in [3.63, 3.8) is 0 Å². The van der Waals surface area contributed by atoms with E-state index in [0.717, 1.165) is 18.5 Å². The van der Waals surface area contributed by atoms with Gasteiger partial charge in [0.05, 0.1) is 13.2 Å². The number of benzene rings is 1. The number of guanidine groups is 1. The molecule has 0 aromatic heterocycles. The van der Waals surface area contributed by atoms with Gasteiger partial charge < -0.3 is 16.2 Å². The fourth-order valence-corrected chi connectivity index (χ4v) is 1.57. The highest BCUT2D eigenvalue weighted by Gasteiger charge is 2.02. The first-order valence-electron chi connectivity index (χ1n) is 6.45. The summed E-state index contributed by atoms with van der Waals surface area (Å²) in [6.45, 7) is 5.13. The van der Waals surface area contributed by atoms with Gasteiger partial charge in [-0.3, -0.25) is 0 Å². The summed E-state index contributed by atoms with van der Waals surface area (Å²) >= 11 is 0. The van der Waals surface area contributed by atoms with Gasteiger partial charge in [-0.2, -0.15) is 0 Å². The van der Waals surface area contributed by atoms with E-state index >= 15 is 0 Å². The van der Waals surface area contributed by atoms with Crippen molar-refractivity contribution in [1.82, 2.24) is 5.32 Å². The second kappa shape index (κ2) is 9.93. The minimum absolute atomic E-state index is 0. The van der Waals surface area contributed by atoms with Gasteiger partial charge in [0.15, 0.2) is 5.96 Å². The Morgan fingerprint density at radius 1 is 1.45 bits per heavy atom. The molecule has 1 aromatic rings. The Hall–Kier alpha value is -0.890. The average Bonchev–Trinajstić information content (AvgIpc) is 2.37. The van der Waals surface area contributed by atoms with Crippen LogP contribution in [0.3, 0.4) is 0 Å². The molecule has 0 spiro atoms. The van der Waals surface area contributed by atoms with Crippen molar-refractivity contribution in [2.45, 2.75) is 33.4 Å². The van der Waals surface area contributed by atoms with Crippen molar-refractivity contribution in [3.8, 4) is 0 Å². The quantitative estimate of drug-likeness (QED) is 0.394. The third-order valence-electron chi connectivity index (χ3n) is 2.74. The summed E-state index contributed by atoms with van der Waals surface area (Å²) in [6.07, 6.45) is 1.03. The van der Waals surface area contributed by atoms with Gasteiger partial charge in [0.2, 0.25) is 0 Å². The minimum Gasteiger partial charge on any atom is -0.392 e. The number of hydrogen-bond acceptors (Lipinski definition) is 2. The summed E-state index contributed by atoms with van der Waals surface area (Å²) in [5, 5.41) is 12.0. The number of aliphatic imine (C=N–C) groups is 1. The highest BCUT2D eigenvalue weighted by atomic mass is 127. The molecule has 0 atom stereocenters. The Morgan fingerprint density at radius 2 is 2.15 bits per heavy atom. The predicted octanol–water partition coefficient (Wildman–Crippen LogP) is 2.39. The fraction of sp³-hybridized carbons (Fsp3) is 0.500. The molecule has 0 unspecified atom stereocenters. The SMILES string of the molecule is CC(C)CCNC(N)=NCc1ccc(F)c(CO)c1.I. The van der Waals surface area contributed by atoms with Crippen LogP contribution in [0.2, 0.25) is 0 Å². The summed E-state index contributed by atoms with van der Waals surface area (Å²) in [5.74, 6) is 0.596. The molecule has 0 heterocycles. The minimum atomic E-state index is -0.404. The van der Waals surface area contributed by atoms with Crippen molar-refractivity contribution in [3.05, 3.63) is 35.1 Å². The van der Waals surface area contributed by atoms with Crippen LogP contribution in [0, 0.1) is 11.7 Å². The molecule has 0 fully saturated rings. The lowest BCUT2D eigenvalue weighted by atomic mass is 10.1. The van der Waals surface area contributed by atoms with Crippen molar-refractivity contribution in [2.75, 3.05) is 6.54 Å². The van der Waals surface area contributed by atoms with E-state index in [9.17, 15) is 4.39 Å². The standard InChI is InChI=1S/C14H22FN3O.HI/c1-10(2)5-6-17-14(16)18-8-11-3-4-13(15)12(7-11)9-19;/h3-4,7,10,19H,5-6,8-9H2,1-2H3,(H3,16,17,18);1H. The average molecular weight is 395 g/mol. The van der Waals surface area contributed by atoms with Crippen molar-refractivity contribution >= 4 is 29.9 Å². The lowest BCUT2D eigenvalue weighted by Gasteiger charge is -2.08. The van der Waals surface area contributed by atoms with Crippen LogP contribution in [0.4, 0.5) is 4.39 Å². The van der Waals surface area contributed by atoms with Crippen LogP contribution in [-0.4, -0.2) is 17.6 Å². The zero-order valence-corrected chi connectivity index (χ0v) is 14.2. The van der Waals surface area contributed by atoms with E-state index in [1.165, 1.54) is 6.07 Å². The van der Waals surface area contributed by atoms with Gasteiger partial charge in [0.25, 0.3) is 0 Å². The first kappa shape index (κ1) is 19.1. The van der Waals surface area contributed by atoms with Crippen LogP contribution in [0.1, 0.15) is 31.4 Å². The number of aliphatic hydroxyl groups excluding tert-OH is 1. The van der Waals surface area contributed by atoms with E-state index < -0.39 is 5.82 Å². The molecule has 0 amide bonds. The van der Waals surface area contributed by atoms with Gasteiger partial charge in [-0.25, -0.2) is 9.38 Å². The van der Waals surface area contributed by atoms with Gasteiger partial charge in [-0.05, 0) is 30.0 Å². The maximum atomic E-state index is 13.2. The summed E-state index contributed by atoms with van der Waals surface area (Å²) in [7, 11) is 0. The zero-order chi connectivity index (χ0) is 14.3. The number of aliphatic hydroxyl groups is 1. The third-order valence-corrected chi connectivity index (χ3v) is 2.74. The number of rotatable bonds is 6. The topological polar surface area (TPSA) is 70.6 Å². The van der Waals surface area contributed by atoms with Gasteiger partial charge >= 0.3 is 0 Å². The molecule has 1 aromatic carbocycles. The third kappa shape index (κ3) is 7.04. The zero-order valence-electron chi connectivity index (χ0n) is 11.9. The Kier molecular flexibility index (Phi) is 9.49. The number of halogens is 2. The molecular weight excluding hydrogens is 372 g/mol. The molecule has 1 rings (SSSR count). The van der Waals surface area contributed by atoms with E-state index in [-0.39, 0.29) is 36.1 Å². The second-order valence-electron chi connectivity index (χ2n) is 4.89. The highest BCUT2D eigenvalue weighted by molar-refractivity contribution is 14.0. The van der Waals surface area contributed by atoms with Crippen molar-refractivity contribution < 1.29 is 9.50 Å². The fourth-order valence-electron chi connectivity index (χ4n) is 1.57. The lowest BCUT2D eigenvalue weighted by Crippen LogP contribution is -2.32. The summed E-state index contributed by atoms with van der Waals surface area (Å²) in [5.41, 5.74) is 6.82. The highest BCUT2D eigenvalue weighted by Crippen LogP contribution is 2.11. The maximum absolute atomic E-state index is 13.2. The Balaban J connectivity index is 0.00000361. The maximum Gasteiger partial charge on any atom is 0.188 e. The summed E-state index contributed by atoms with van der Waals surface area (Å²) in [4.78, 5) is 4.18. The largest absolute Gasteiger partial charge is 0.392 e. The van der Waals surface area contributed by atoms with Crippen molar-refractivity contribution in [2.24, 2.45) is 16.6 Å². The van der Waals surface area contributed by atoms with E-state index in [1.807, 2.05) is 0 Å². The number of nitrogens with zero attached hydrogens (tertiary/aromatic N) is 1. The first-order chi connectivity index (χ1) is 9.02. The monoisotopic (exact) mass is 395 g/mol. The Labute approximate surface area is 136 Å². The van der Waals surface area contributed by atoms with Crippen LogP contribution in [0.15, 0.2) is 23.2 Å². The number of nitrogens with two attached hydrogens (primary N) is 1. The molecular formula is C14H23FIN3O. The molecule has 0 bridgehead atoms. The first-order valence-corrected chi connectivity index (χ1v) is 6.45. The molecule has 0 saturated heterocycles. The summed E-state index contributed by atoms with van der Waals surface area (Å²) in [6, 6.07) is 4.57. The molecule has 0 radical (unpaired) electrons. The van der Waals surface area contributed by atoms with Gasteiger partial charge in [-0.15, -0.1) is 24.0 Å². The molecule has 6 heteroatoms. The molecule has 4 nitrogen and oxygen atoms in total. The molecule has 114 valence electrons. The van der Waals surface area contributed by atoms with Crippen molar-refractivity contribution in [1.29, 1.82) is 0 Å². The number of hydrogen-bond donors (Lipinski definition) is 3. The molecule has 20 heavy (non-hydrogen) atoms. The van der Waals surface area contributed by atoms with E-state index in [4.69, 9.17) is 10.8 Å². The summed E-state index contributed by atoms with van der Waals surface area (Å²) < 4.78 is 13.2. The Bertz CT molecular complexity index is 438. The van der Waals surface area contributed by atoms with Crippen LogP contribution in [0.25, 0.3) is 0 Å². The van der Waals surface area contributed by atoms with Crippen LogP contribution in [-0.2, 0) is 13.2 Å². The van der Waals surface area contributed by atoms with E-state index in [1.54, 1.807) is 12.1 Å². The Morgan fingerprint density at radius 3 is 2.75 bits per heavy atom. The van der Waals surface area contributed by atoms with E-state index in [2.05, 4.69) is 24.2 Å². The smallest absolute Gasteiger partial charge is 0.188 e. The van der Waals surface area contributed by atoms with Gasteiger partial charge in [0.1, 0.15) is 5.82 Å². The van der Waals surface area contributed by atoms with Crippen LogP contribution in [0.5, 0.6) is 0 Å². The molecule has 0 aliphatic rings. The van der Waals surface area contributed by atoms with Crippen LogP contribution < -0.4 is 11.1 Å². The molecule has 4 N–H and O–H groups in total. The molecule has 0 saturated carbocycles. The van der Waals surface area contributed by atoms with Gasteiger partial charge in [-0.1, -0.05) is 19.9 Å². The second-order valence-corrected chi connectivity index (χ2v) is 4.89. The molecule has 0 aliphatic carbocycles. The normalized spacial score (nSPS) is 11.3. The lowest BCUT2D eigenvalue weighted by molar-refractivity contribution is 0.275. The predicted molar refractivity (Wildman–Crippen MR) is 90.5 cm³/mol. The van der Waals surface area contributed by atoms with Gasteiger partial charge in [0, 0.05) is 12.1 Å². The van der Waals surface area contributed by atoms with E-state index in [0.29, 0.717) is 18.4 Å². The molecule has 0 aliphatic heterocycles.